The van der Waals surface area contributed by atoms with Crippen LogP contribution in [0.1, 0.15) is 39.3 Å². The summed E-state index contributed by atoms with van der Waals surface area (Å²) in [6.45, 7) is 10.7. The maximum atomic E-state index is 6.27. The van der Waals surface area contributed by atoms with Crippen LogP contribution in [-0.4, -0.2) is 35.1 Å². The maximum Gasteiger partial charge on any atom is 0.128 e. The zero-order valence-electron chi connectivity index (χ0n) is 13.3. The average Bonchev–Trinajstić information content (AvgIpc) is 2.62. The molecule has 1 aromatic rings. The highest BCUT2D eigenvalue weighted by Crippen LogP contribution is 2.32. The highest BCUT2D eigenvalue weighted by molar-refractivity contribution is 8.00. The number of halogens is 1. The molecule has 1 fully saturated rings. The van der Waals surface area contributed by atoms with E-state index in [0.29, 0.717) is 4.75 Å². The van der Waals surface area contributed by atoms with Gasteiger partial charge in [-0.05, 0) is 31.5 Å². The maximum absolute atomic E-state index is 6.27. The molecule has 1 aliphatic rings. The first-order chi connectivity index (χ1) is 10.0. The van der Waals surface area contributed by atoms with Gasteiger partial charge in [-0.15, -0.1) is 0 Å². The molecular formula is C16H26ClN3S. The largest absolute Gasteiger partial charge is 0.356 e. The fraction of sp³-hybridized carbons (Fsp3) is 0.688. The molecule has 0 saturated carbocycles. The third-order valence-electron chi connectivity index (χ3n) is 3.78. The van der Waals surface area contributed by atoms with Crippen LogP contribution in [0.2, 0.25) is 5.02 Å². The van der Waals surface area contributed by atoms with Crippen LogP contribution < -0.4 is 10.2 Å². The van der Waals surface area contributed by atoms with Crippen molar-refractivity contribution in [1.82, 2.24) is 10.3 Å². The average molecular weight is 328 g/mol. The second-order valence-corrected chi connectivity index (χ2v) is 8.33. The smallest absolute Gasteiger partial charge is 0.128 e. The van der Waals surface area contributed by atoms with Gasteiger partial charge in [-0.25, -0.2) is 4.98 Å². The first-order valence-corrected chi connectivity index (χ1v) is 9.13. The molecule has 0 spiro atoms. The van der Waals surface area contributed by atoms with E-state index in [9.17, 15) is 0 Å². The van der Waals surface area contributed by atoms with Gasteiger partial charge >= 0.3 is 0 Å². The summed E-state index contributed by atoms with van der Waals surface area (Å²) in [7, 11) is 0. The summed E-state index contributed by atoms with van der Waals surface area (Å²) in [5.41, 5.74) is 0.957. The van der Waals surface area contributed by atoms with E-state index in [1.165, 1.54) is 6.42 Å². The van der Waals surface area contributed by atoms with E-state index >= 15 is 0 Å². The van der Waals surface area contributed by atoms with Crippen molar-refractivity contribution in [3.8, 4) is 0 Å². The van der Waals surface area contributed by atoms with Gasteiger partial charge in [0.25, 0.3) is 0 Å². The highest BCUT2D eigenvalue weighted by Gasteiger charge is 2.24. The molecule has 118 valence electrons. The van der Waals surface area contributed by atoms with Crippen molar-refractivity contribution in [2.45, 2.75) is 44.9 Å². The van der Waals surface area contributed by atoms with Crippen LogP contribution >= 0.6 is 23.4 Å². The lowest BCUT2D eigenvalue weighted by atomic mass is 10.1. The number of hydrogen-bond acceptors (Lipinski definition) is 4. The molecular weight excluding hydrogens is 302 g/mol. The van der Waals surface area contributed by atoms with E-state index in [2.05, 4.69) is 48.8 Å². The Bertz CT molecular complexity index is 465. The molecule has 5 heteroatoms. The topological polar surface area (TPSA) is 28.2 Å². The zero-order chi connectivity index (χ0) is 15.3. The van der Waals surface area contributed by atoms with Gasteiger partial charge in [0.2, 0.25) is 0 Å². The van der Waals surface area contributed by atoms with Crippen molar-refractivity contribution in [3.05, 3.63) is 22.8 Å². The summed E-state index contributed by atoms with van der Waals surface area (Å²) >= 11 is 8.32. The van der Waals surface area contributed by atoms with Gasteiger partial charge in [0.1, 0.15) is 5.82 Å². The van der Waals surface area contributed by atoms with Crippen LogP contribution in [0.5, 0.6) is 0 Å². The first kappa shape index (κ1) is 16.9. The van der Waals surface area contributed by atoms with Gasteiger partial charge in [0.15, 0.2) is 0 Å². The fourth-order valence-corrected chi connectivity index (χ4v) is 3.68. The molecule has 0 atom stereocenters. The van der Waals surface area contributed by atoms with E-state index in [0.717, 1.165) is 54.9 Å². The summed E-state index contributed by atoms with van der Waals surface area (Å²) in [5, 5.41) is 4.13. The van der Waals surface area contributed by atoms with Crippen LogP contribution in [0.4, 0.5) is 5.82 Å². The molecule has 1 aromatic heterocycles. The molecule has 1 N–H and O–H groups in total. The van der Waals surface area contributed by atoms with E-state index in [1.807, 2.05) is 6.07 Å². The van der Waals surface area contributed by atoms with E-state index in [-0.39, 0.29) is 0 Å². The Balaban J connectivity index is 2.07. The molecule has 0 aliphatic carbocycles. The number of aromatic nitrogens is 1. The van der Waals surface area contributed by atoms with Crippen molar-refractivity contribution in [1.29, 1.82) is 0 Å². The second-order valence-electron chi connectivity index (χ2n) is 6.12. The Morgan fingerprint density at radius 3 is 2.95 bits per heavy atom. The molecule has 3 nitrogen and oxygen atoms in total. The number of pyridine rings is 1. The number of rotatable bonds is 5. The molecule has 0 unspecified atom stereocenters. The van der Waals surface area contributed by atoms with Gasteiger partial charge in [-0.1, -0.05) is 32.4 Å². The van der Waals surface area contributed by atoms with Crippen molar-refractivity contribution in [2.75, 3.05) is 30.3 Å². The van der Waals surface area contributed by atoms with Gasteiger partial charge in [-0.3, -0.25) is 0 Å². The Hall–Kier alpha value is -0.450. The van der Waals surface area contributed by atoms with Crippen LogP contribution in [0.15, 0.2) is 12.1 Å². The lowest BCUT2D eigenvalue weighted by Crippen LogP contribution is -2.28. The van der Waals surface area contributed by atoms with Gasteiger partial charge in [0, 0.05) is 30.1 Å². The van der Waals surface area contributed by atoms with E-state index < -0.39 is 0 Å². The predicted molar refractivity (Wildman–Crippen MR) is 94.6 cm³/mol. The second kappa shape index (κ2) is 7.70. The normalized spacial score (nSPS) is 18.6. The van der Waals surface area contributed by atoms with E-state index in [1.54, 1.807) is 0 Å². The standard InChI is InChI=1S/C16H26ClN3S/c1-4-8-18-12-14-13(17)5-6-15(19-14)20-9-7-16(2,3)21-11-10-20/h5-6,18H,4,7-12H2,1-3H3. The van der Waals surface area contributed by atoms with Crippen LogP contribution in [0.25, 0.3) is 0 Å². The molecule has 2 rings (SSSR count). The highest BCUT2D eigenvalue weighted by atomic mass is 35.5. The molecule has 21 heavy (non-hydrogen) atoms. The number of anilines is 1. The minimum atomic E-state index is 0.368. The Morgan fingerprint density at radius 1 is 1.38 bits per heavy atom. The minimum absolute atomic E-state index is 0.368. The summed E-state index contributed by atoms with van der Waals surface area (Å²) in [6, 6.07) is 4.03. The quantitative estimate of drug-likeness (QED) is 0.829. The number of thioether (sulfide) groups is 1. The monoisotopic (exact) mass is 327 g/mol. The van der Waals surface area contributed by atoms with Gasteiger partial charge in [-0.2, -0.15) is 11.8 Å². The van der Waals surface area contributed by atoms with Crippen molar-refractivity contribution < 1.29 is 0 Å². The van der Waals surface area contributed by atoms with Crippen LogP contribution in [0, 0.1) is 0 Å². The SMILES string of the molecule is CCCNCc1nc(N2CCSC(C)(C)CC2)ccc1Cl. The third kappa shape index (κ3) is 5.04. The summed E-state index contributed by atoms with van der Waals surface area (Å²) in [5.74, 6) is 2.21. The number of nitrogens with one attached hydrogen (secondary N) is 1. The summed E-state index contributed by atoms with van der Waals surface area (Å²) < 4.78 is 0.368. The van der Waals surface area contributed by atoms with Crippen molar-refractivity contribution in [2.24, 2.45) is 0 Å². The zero-order valence-corrected chi connectivity index (χ0v) is 14.9. The molecule has 1 saturated heterocycles. The van der Waals surface area contributed by atoms with Crippen molar-refractivity contribution >= 4 is 29.2 Å². The molecule has 2 heterocycles. The summed E-state index contributed by atoms with van der Waals surface area (Å²) in [4.78, 5) is 7.17. The Morgan fingerprint density at radius 2 is 2.19 bits per heavy atom. The molecule has 1 aliphatic heterocycles. The molecule has 0 amide bonds. The molecule has 0 bridgehead atoms. The lowest BCUT2D eigenvalue weighted by Gasteiger charge is -2.24. The third-order valence-corrected chi connectivity index (χ3v) is 5.50. The lowest BCUT2D eigenvalue weighted by molar-refractivity contribution is 0.632. The number of nitrogens with zero attached hydrogens (tertiary/aromatic N) is 2. The van der Waals surface area contributed by atoms with E-state index in [4.69, 9.17) is 16.6 Å². The first-order valence-electron chi connectivity index (χ1n) is 7.77. The number of hydrogen-bond donors (Lipinski definition) is 1. The van der Waals surface area contributed by atoms with Crippen molar-refractivity contribution in [3.63, 3.8) is 0 Å². The Kier molecular flexibility index (Phi) is 6.20. The minimum Gasteiger partial charge on any atom is -0.356 e. The Labute approximate surface area is 137 Å². The summed E-state index contributed by atoms with van der Waals surface area (Å²) in [6.07, 6.45) is 2.31. The predicted octanol–water partition coefficient (Wildman–Crippen LogP) is 3.96. The van der Waals surface area contributed by atoms with Crippen LogP contribution in [-0.2, 0) is 6.54 Å². The molecule has 0 aromatic carbocycles. The van der Waals surface area contributed by atoms with Gasteiger partial charge in [0.05, 0.1) is 10.7 Å². The fourth-order valence-electron chi connectivity index (χ4n) is 2.41. The van der Waals surface area contributed by atoms with Crippen LogP contribution in [0.3, 0.4) is 0 Å². The molecule has 0 radical (unpaired) electrons. The van der Waals surface area contributed by atoms with Gasteiger partial charge < -0.3 is 10.2 Å².